The number of hydrogen-bond acceptors (Lipinski definition) is 9. The Morgan fingerprint density at radius 3 is 2.17 bits per heavy atom. The zero-order valence-corrected chi connectivity index (χ0v) is 22.7. The zero-order chi connectivity index (χ0) is 30.6. The monoisotopic (exact) mass is 607 g/mol. The van der Waals surface area contributed by atoms with Crippen molar-refractivity contribution >= 4 is 44.1 Å². The highest BCUT2D eigenvalue weighted by Crippen LogP contribution is 2.38. The number of anilines is 3. The number of ether oxygens (including phenoxy) is 2. The van der Waals surface area contributed by atoms with E-state index in [1.54, 1.807) is 18.2 Å². The normalized spacial score (nSPS) is 15.1. The first kappa shape index (κ1) is 31.5. The first-order valence-corrected chi connectivity index (χ1v) is 13.2. The van der Waals surface area contributed by atoms with Gasteiger partial charge in [-0.15, -0.1) is 0 Å². The van der Waals surface area contributed by atoms with Crippen molar-refractivity contribution in [1.29, 1.82) is 0 Å². The van der Waals surface area contributed by atoms with E-state index in [-0.39, 0.29) is 30.8 Å². The standard InChI is InChI=1S/C22H25F2N5O4S.C2HF3O2/c1-25-34(30,31)14-4-5-18(29-8-6-22(23,24)7-9-29)17(10-14)28-21-15-11-19(32-2)20(33-3)12-16(15)26-13-27-21;3-2(4,5)1(6)7/h4-5,10-13,25H,6-9H2,1-3H3,(H,26,27,28);(H,6,7). The molecule has 1 fully saturated rings. The maximum absolute atomic E-state index is 13.7. The molecule has 1 aromatic heterocycles. The lowest BCUT2D eigenvalue weighted by molar-refractivity contribution is -0.192. The Hall–Kier alpha value is -3.99. The molecule has 0 bridgehead atoms. The fourth-order valence-electron chi connectivity index (χ4n) is 3.86. The van der Waals surface area contributed by atoms with Crippen LogP contribution in [-0.4, -0.2) is 75.9 Å². The third kappa shape index (κ3) is 7.60. The Morgan fingerprint density at radius 2 is 1.63 bits per heavy atom. The van der Waals surface area contributed by atoms with Crippen LogP contribution in [0.25, 0.3) is 10.9 Å². The number of carboxylic acid groups (broad SMARTS) is 1. The lowest BCUT2D eigenvalue weighted by Gasteiger charge is -2.34. The number of fused-ring (bicyclic) bond motifs is 1. The summed E-state index contributed by atoms with van der Waals surface area (Å²) >= 11 is 0. The van der Waals surface area contributed by atoms with Gasteiger partial charge in [-0.1, -0.05) is 0 Å². The molecule has 2 aromatic carbocycles. The second-order valence-electron chi connectivity index (χ2n) is 8.60. The van der Waals surface area contributed by atoms with Gasteiger partial charge < -0.3 is 24.8 Å². The minimum atomic E-state index is -5.08. The molecule has 1 aliphatic rings. The van der Waals surface area contributed by atoms with Gasteiger partial charge in [-0.2, -0.15) is 13.2 Å². The summed E-state index contributed by atoms with van der Waals surface area (Å²) < 4.78 is 97.1. The molecule has 17 heteroatoms. The van der Waals surface area contributed by atoms with Crippen molar-refractivity contribution in [3.05, 3.63) is 36.7 Å². The van der Waals surface area contributed by atoms with Gasteiger partial charge in [0.05, 0.1) is 36.0 Å². The zero-order valence-electron chi connectivity index (χ0n) is 21.9. The van der Waals surface area contributed by atoms with Gasteiger partial charge >= 0.3 is 12.1 Å². The molecule has 11 nitrogen and oxygen atoms in total. The van der Waals surface area contributed by atoms with Crippen LogP contribution in [-0.2, 0) is 14.8 Å². The van der Waals surface area contributed by atoms with Gasteiger partial charge in [-0.25, -0.2) is 36.7 Å². The van der Waals surface area contributed by atoms with Gasteiger partial charge in [0.15, 0.2) is 11.5 Å². The molecular weight excluding hydrogens is 581 g/mol. The van der Waals surface area contributed by atoms with Crippen LogP contribution in [0.4, 0.5) is 39.1 Å². The average Bonchev–Trinajstić information content (AvgIpc) is 2.92. The number of halogens is 5. The highest BCUT2D eigenvalue weighted by atomic mass is 32.2. The molecule has 0 radical (unpaired) electrons. The van der Waals surface area contributed by atoms with Crippen molar-refractivity contribution in [2.75, 3.05) is 44.6 Å². The predicted molar refractivity (Wildman–Crippen MR) is 139 cm³/mol. The van der Waals surface area contributed by atoms with Gasteiger partial charge in [0, 0.05) is 37.4 Å². The Labute approximate surface area is 231 Å². The molecule has 1 saturated heterocycles. The minimum absolute atomic E-state index is 0.0289. The van der Waals surface area contributed by atoms with Crippen LogP contribution in [0.2, 0.25) is 0 Å². The molecule has 41 heavy (non-hydrogen) atoms. The molecule has 0 aliphatic carbocycles. The number of sulfonamides is 1. The van der Waals surface area contributed by atoms with Crippen molar-refractivity contribution < 1.29 is 49.7 Å². The smallest absolute Gasteiger partial charge is 0.490 e. The first-order valence-electron chi connectivity index (χ1n) is 11.8. The molecule has 0 atom stereocenters. The van der Waals surface area contributed by atoms with Gasteiger partial charge in [0.1, 0.15) is 12.1 Å². The van der Waals surface area contributed by atoms with Crippen LogP contribution >= 0.6 is 0 Å². The number of alkyl halides is 5. The number of aromatic nitrogens is 2. The van der Waals surface area contributed by atoms with E-state index in [2.05, 4.69) is 20.0 Å². The largest absolute Gasteiger partial charge is 0.493 e. The summed E-state index contributed by atoms with van der Waals surface area (Å²) in [6, 6.07) is 7.94. The molecule has 1 aliphatic heterocycles. The van der Waals surface area contributed by atoms with Crippen LogP contribution in [0.1, 0.15) is 12.8 Å². The van der Waals surface area contributed by atoms with Gasteiger partial charge in [-0.3, -0.25) is 0 Å². The van der Waals surface area contributed by atoms with Gasteiger partial charge in [-0.05, 0) is 31.3 Å². The van der Waals surface area contributed by atoms with E-state index in [0.29, 0.717) is 39.6 Å². The average molecular weight is 608 g/mol. The van der Waals surface area contributed by atoms with E-state index in [9.17, 15) is 30.4 Å². The van der Waals surface area contributed by atoms with E-state index >= 15 is 0 Å². The molecule has 4 rings (SSSR count). The number of nitrogens with zero attached hydrogens (tertiary/aromatic N) is 3. The van der Waals surface area contributed by atoms with Gasteiger partial charge in [0.25, 0.3) is 5.92 Å². The van der Waals surface area contributed by atoms with Crippen LogP contribution in [0.15, 0.2) is 41.6 Å². The third-order valence-corrected chi connectivity index (χ3v) is 7.43. The summed E-state index contributed by atoms with van der Waals surface area (Å²) in [6.45, 7) is 0.269. The van der Waals surface area contributed by atoms with Gasteiger partial charge in [0.2, 0.25) is 10.0 Å². The second-order valence-corrected chi connectivity index (χ2v) is 10.5. The number of rotatable bonds is 7. The summed E-state index contributed by atoms with van der Waals surface area (Å²) in [5.41, 5.74) is 1.59. The third-order valence-electron chi connectivity index (χ3n) is 6.02. The van der Waals surface area contributed by atoms with Crippen molar-refractivity contribution in [3.63, 3.8) is 0 Å². The minimum Gasteiger partial charge on any atom is -0.493 e. The van der Waals surface area contributed by atoms with E-state index < -0.39 is 28.1 Å². The number of aliphatic carboxylic acids is 1. The van der Waals surface area contributed by atoms with Crippen molar-refractivity contribution in [3.8, 4) is 11.5 Å². The molecule has 0 spiro atoms. The van der Waals surface area contributed by atoms with E-state index in [1.807, 2.05) is 4.90 Å². The second kappa shape index (κ2) is 12.3. The number of nitrogens with one attached hydrogen (secondary N) is 2. The Kier molecular flexibility index (Phi) is 9.43. The van der Waals surface area contributed by atoms with Crippen LogP contribution in [0, 0.1) is 0 Å². The number of carbonyl (C=O) groups is 1. The van der Waals surface area contributed by atoms with E-state index in [4.69, 9.17) is 19.4 Å². The summed E-state index contributed by atoms with van der Waals surface area (Å²) in [4.78, 5) is 19.3. The van der Waals surface area contributed by atoms with Crippen molar-refractivity contribution in [2.45, 2.75) is 29.8 Å². The van der Waals surface area contributed by atoms with Crippen LogP contribution < -0.4 is 24.4 Å². The highest BCUT2D eigenvalue weighted by molar-refractivity contribution is 7.89. The molecule has 3 aromatic rings. The summed E-state index contributed by atoms with van der Waals surface area (Å²) in [7, 11) is 0.612. The first-order chi connectivity index (χ1) is 19.1. The number of piperidine rings is 1. The van der Waals surface area contributed by atoms with Crippen molar-refractivity contribution in [2.24, 2.45) is 0 Å². The quantitative estimate of drug-likeness (QED) is 0.335. The fraction of sp³-hybridized carbons (Fsp3) is 0.375. The molecule has 224 valence electrons. The topological polar surface area (TPSA) is 143 Å². The highest BCUT2D eigenvalue weighted by Gasteiger charge is 2.38. The Balaban J connectivity index is 0.000000587. The fourth-order valence-corrected chi connectivity index (χ4v) is 4.62. The van der Waals surface area contributed by atoms with Crippen LogP contribution in [0.3, 0.4) is 0 Å². The van der Waals surface area contributed by atoms with Crippen molar-refractivity contribution in [1.82, 2.24) is 14.7 Å². The summed E-state index contributed by atoms with van der Waals surface area (Å²) in [5, 5.41) is 10.9. The number of carboxylic acids is 1. The maximum Gasteiger partial charge on any atom is 0.490 e. The molecule has 3 N–H and O–H groups in total. The SMILES string of the molecule is CNS(=O)(=O)c1ccc(N2CCC(F)(F)CC2)c(Nc2ncnc3cc(OC)c(OC)cc23)c1.O=C(O)C(F)(F)F. The molecular formula is C24H26F5N5O6S. The number of benzene rings is 2. The lowest BCUT2D eigenvalue weighted by atomic mass is 10.1. The maximum atomic E-state index is 13.7. The molecule has 2 heterocycles. The summed E-state index contributed by atoms with van der Waals surface area (Å²) in [6.07, 6.45) is -4.28. The number of methoxy groups -OCH3 is 2. The Morgan fingerprint density at radius 1 is 1.05 bits per heavy atom. The van der Waals surface area contributed by atoms with E-state index in [0.717, 1.165) is 0 Å². The molecule has 0 amide bonds. The lowest BCUT2D eigenvalue weighted by Crippen LogP contribution is -2.39. The number of hydrogen-bond donors (Lipinski definition) is 3. The molecule has 0 unspecified atom stereocenters. The molecule has 0 saturated carbocycles. The summed E-state index contributed by atoms with van der Waals surface area (Å²) in [5.74, 6) is -4.10. The van der Waals surface area contributed by atoms with Crippen LogP contribution in [0.5, 0.6) is 11.5 Å². The van der Waals surface area contributed by atoms with E-state index in [1.165, 1.54) is 39.7 Å². The predicted octanol–water partition coefficient (Wildman–Crippen LogP) is 4.17. The Bertz CT molecular complexity index is 1510.